The average Bonchev–Trinajstić information content (AvgIpc) is 2.34. The summed E-state index contributed by atoms with van der Waals surface area (Å²) >= 11 is 12.0. The van der Waals surface area contributed by atoms with Crippen molar-refractivity contribution >= 4 is 29.0 Å². The summed E-state index contributed by atoms with van der Waals surface area (Å²) in [5.41, 5.74) is 6.50. The van der Waals surface area contributed by atoms with Crippen LogP contribution in [0.25, 0.3) is 0 Å². The number of Topliss-reactive ketones (excluding diaryl/α,β-unsaturated/α-hetero) is 1. The SMILES string of the molecule is CC(N)CCCC(C)C(=O)Cc1cccc(Cl)c1Cl. The number of nitrogens with two attached hydrogens (primary N) is 1. The number of ketones is 1. The van der Waals surface area contributed by atoms with E-state index in [-0.39, 0.29) is 17.7 Å². The maximum Gasteiger partial charge on any atom is 0.140 e. The highest BCUT2D eigenvalue weighted by atomic mass is 35.5. The van der Waals surface area contributed by atoms with Crippen molar-refractivity contribution in [2.24, 2.45) is 11.7 Å². The summed E-state index contributed by atoms with van der Waals surface area (Å²) in [5, 5.41) is 0.983. The summed E-state index contributed by atoms with van der Waals surface area (Å²) in [6.07, 6.45) is 3.15. The molecule has 1 aromatic carbocycles. The largest absolute Gasteiger partial charge is 0.328 e. The number of benzene rings is 1. The Balaban J connectivity index is 2.52. The highest BCUT2D eigenvalue weighted by Gasteiger charge is 2.15. The van der Waals surface area contributed by atoms with Crippen molar-refractivity contribution in [1.82, 2.24) is 0 Å². The molecule has 1 aromatic rings. The zero-order valence-corrected chi connectivity index (χ0v) is 13.0. The third-order valence-electron chi connectivity index (χ3n) is 3.24. The van der Waals surface area contributed by atoms with Gasteiger partial charge in [0.15, 0.2) is 0 Å². The predicted molar refractivity (Wildman–Crippen MR) is 81.8 cm³/mol. The fourth-order valence-electron chi connectivity index (χ4n) is 1.95. The molecule has 0 saturated heterocycles. The number of carbonyl (C=O) groups excluding carboxylic acids is 1. The minimum atomic E-state index is 0.0359. The Bertz CT molecular complexity index is 432. The van der Waals surface area contributed by atoms with Crippen molar-refractivity contribution < 1.29 is 4.79 Å². The summed E-state index contributed by atoms with van der Waals surface area (Å²) in [5.74, 6) is 0.239. The Morgan fingerprint density at radius 1 is 1.26 bits per heavy atom. The maximum absolute atomic E-state index is 12.1. The first-order valence-electron chi connectivity index (χ1n) is 6.63. The molecular weight excluding hydrogens is 281 g/mol. The van der Waals surface area contributed by atoms with Gasteiger partial charge in [0.05, 0.1) is 10.0 Å². The Labute approximate surface area is 125 Å². The minimum Gasteiger partial charge on any atom is -0.328 e. The normalized spacial score (nSPS) is 14.2. The van der Waals surface area contributed by atoms with Gasteiger partial charge < -0.3 is 5.73 Å². The van der Waals surface area contributed by atoms with E-state index in [1.54, 1.807) is 6.07 Å². The van der Waals surface area contributed by atoms with E-state index >= 15 is 0 Å². The summed E-state index contributed by atoms with van der Waals surface area (Å²) in [4.78, 5) is 12.1. The van der Waals surface area contributed by atoms with Gasteiger partial charge in [-0.2, -0.15) is 0 Å². The molecular formula is C15H21Cl2NO. The predicted octanol–water partition coefficient (Wildman–Crippen LogP) is 4.26. The lowest BCUT2D eigenvalue weighted by molar-refractivity contribution is -0.121. The molecule has 0 amide bonds. The summed E-state index contributed by atoms with van der Waals surface area (Å²) in [6.45, 7) is 3.94. The molecule has 0 saturated carbocycles. The molecule has 2 N–H and O–H groups in total. The van der Waals surface area contributed by atoms with Crippen LogP contribution in [0.1, 0.15) is 38.7 Å². The molecule has 19 heavy (non-hydrogen) atoms. The van der Waals surface area contributed by atoms with Gasteiger partial charge in [-0.15, -0.1) is 0 Å². The molecule has 0 bridgehead atoms. The molecule has 0 aliphatic heterocycles. The molecule has 4 heteroatoms. The number of rotatable bonds is 7. The first-order chi connectivity index (χ1) is 8.91. The van der Waals surface area contributed by atoms with Crippen molar-refractivity contribution in [1.29, 1.82) is 0 Å². The van der Waals surface area contributed by atoms with Gasteiger partial charge in [0.1, 0.15) is 5.78 Å². The van der Waals surface area contributed by atoms with E-state index in [9.17, 15) is 4.79 Å². The van der Waals surface area contributed by atoms with Crippen LogP contribution in [0.3, 0.4) is 0 Å². The molecule has 0 heterocycles. The van der Waals surface area contributed by atoms with Gasteiger partial charge in [0, 0.05) is 18.4 Å². The van der Waals surface area contributed by atoms with Crippen LogP contribution in [0.5, 0.6) is 0 Å². The van der Waals surface area contributed by atoms with Gasteiger partial charge >= 0.3 is 0 Å². The zero-order chi connectivity index (χ0) is 14.4. The van der Waals surface area contributed by atoms with Gasteiger partial charge in [-0.25, -0.2) is 0 Å². The summed E-state index contributed by atoms with van der Waals surface area (Å²) in [6, 6.07) is 5.59. The van der Waals surface area contributed by atoms with Crippen LogP contribution in [0, 0.1) is 5.92 Å². The lowest BCUT2D eigenvalue weighted by Gasteiger charge is -2.12. The van der Waals surface area contributed by atoms with Crippen LogP contribution in [0.4, 0.5) is 0 Å². The molecule has 2 unspecified atom stereocenters. The fraction of sp³-hybridized carbons (Fsp3) is 0.533. The standard InChI is InChI=1S/C15H21Cl2NO/c1-10(5-3-6-11(2)18)14(19)9-12-7-4-8-13(16)15(12)17/h4,7-8,10-11H,3,5-6,9,18H2,1-2H3. The third-order valence-corrected chi connectivity index (χ3v) is 4.10. The van der Waals surface area contributed by atoms with E-state index in [2.05, 4.69) is 0 Å². The highest BCUT2D eigenvalue weighted by molar-refractivity contribution is 6.42. The molecule has 106 valence electrons. The zero-order valence-electron chi connectivity index (χ0n) is 11.5. The van der Waals surface area contributed by atoms with Crippen LogP contribution in [-0.4, -0.2) is 11.8 Å². The number of carbonyl (C=O) groups is 1. The van der Waals surface area contributed by atoms with E-state index in [1.165, 1.54) is 0 Å². The second-order valence-electron chi connectivity index (χ2n) is 5.17. The smallest absolute Gasteiger partial charge is 0.140 e. The van der Waals surface area contributed by atoms with E-state index in [0.29, 0.717) is 16.5 Å². The Morgan fingerprint density at radius 2 is 1.95 bits per heavy atom. The molecule has 0 fully saturated rings. The number of halogens is 2. The summed E-state index contributed by atoms with van der Waals surface area (Å²) < 4.78 is 0. The van der Waals surface area contributed by atoms with Crippen molar-refractivity contribution in [3.05, 3.63) is 33.8 Å². The molecule has 0 spiro atoms. The molecule has 2 nitrogen and oxygen atoms in total. The molecule has 0 aliphatic carbocycles. The fourth-order valence-corrected chi connectivity index (χ4v) is 2.34. The van der Waals surface area contributed by atoms with Crippen LogP contribution < -0.4 is 5.73 Å². The van der Waals surface area contributed by atoms with Gasteiger partial charge in [-0.05, 0) is 31.4 Å². The van der Waals surface area contributed by atoms with Crippen molar-refractivity contribution in [2.75, 3.05) is 0 Å². The van der Waals surface area contributed by atoms with E-state index in [1.807, 2.05) is 26.0 Å². The van der Waals surface area contributed by atoms with Gasteiger partial charge in [0.25, 0.3) is 0 Å². The van der Waals surface area contributed by atoms with Crippen LogP contribution in [0.2, 0.25) is 10.0 Å². The number of hydrogen-bond acceptors (Lipinski definition) is 2. The molecule has 2 atom stereocenters. The number of hydrogen-bond donors (Lipinski definition) is 1. The maximum atomic E-state index is 12.1. The molecule has 0 aromatic heterocycles. The van der Waals surface area contributed by atoms with Crippen molar-refractivity contribution in [3.63, 3.8) is 0 Å². The lowest BCUT2D eigenvalue weighted by Crippen LogP contribution is -2.17. The van der Waals surface area contributed by atoms with E-state index < -0.39 is 0 Å². The Hall–Kier alpha value is -0.570. The monoisotopic (exact) mass is 301 g/mol. The molecule has 1 rings (SSSR count). The van der Waals surface area contributed by atoms with E-state index in [4.69, 9.17) is 28.9 Å². The summed E-state index contributed by atoms with van der Waals surface area (Å²) in [7, 11) is 0. The van der Waals surface area contributed by atoms with Crippen LogP contribution in [-0.2, 0) is 11.2 Å². The highest BCUT2D eigenvalue weighted by Crippen LogP contribution is 2.26. The second-order valence-corrected chi connectivity index (χ2v) is 5.95. The Morgan fingerprint density at radius 3 is 2.58 bits per heavy atom. The third kappa shape index (κ3) is 5.52. The van der Waals surface area contributed by atoms with Crippen LogP contribution >= 0.6 is 23.2 Å². The topological polar surface area (TPSA) is 43.1 Å². The van der Waals surface area contributed by atoms with Crippen LogP contribution in [0.15, 0.2) is 18.2 Å². The van der Waals surface area contributed by atoms with Crippen molar-refractivity contribution in [3.8, 4) is 0 Å². The Kier molecular flexibility index (Phi) is 6.84. The quantitative estimate of drug-likeness (QED) is 0.818. The van der Waals surface area contributed by atoms with Gasteiger partial charge in [-0.1, -0.05) is 48.7 Å². The first kappa shape index (κ1) is 16.5. The second kappa shape index (κ2) is 7.88. The van der Waals surface area contributed by atoms with Crippen molar-refractivity contribution in [2.45, 2.75) is 45.6 Å². The molecule has 0 radical (unpaired) electrons. The minimum absolute atomic E-state index is 0.0359. The van der Waals surface area contributed by atoms with Gasteiger partial charge in [0.2, 0.25) is 0 Å². The van der Waals surface area contributed by atoms with Gasteiger partial charge in [-0.3, -0.25) is 4.79 Å². The average molecular weight is 302 g/mol. The van der Waals surface area contributed by atoms with E-state index in [0.717, 1.165) is 24.8 Å². The first-order valence-corrected chi connectivity index (χ1v) is 7.38. The lowest BCUT2D eigenvalue weighted by atomic mass is 9.94. The molecule has 0 aliphatic rings.